The van der Waals surface area contributed by atoms with Crippen LogP contribution in [0, 0.1) is 5.92 Å². The predicted molar refractivity (Wildman–Crippen MR) is 96.8 cm³/mol. The number of pyridine rings is 1. The molecule has 0 amide bonds. The lowest BCUT2D eigenvalue weighted by Gasteiger charge is -2.17. The topological polar surface area (TPSA) is 37.0 Å². The van der Waals surface area contributed by atoms with E-state index in [9.17, 15) is 0 Å². The standard InChI is InChI=1S/C18H26ClN3/c1-13(2)12-20-9-4-5-14(3)22-17-8-10-21-18-11-15(19)6-7-16(17)18/h6-8,10-11,13-14,20H,4-5,9,12H2,1-3H3,(H,21,22). The van der Waals surface area contributed by atoms with Crippen molar-refractivity contribution < 1.29 is 0 Å². The van der Waals surface area contributed by atoms with E-state index < -0.39 is 0 Å². The Morgan fingerprint density at radius 2 is 2.00 bits per heavy atom. The fraction of sp³-hybridized carbons (Fsp3) is 0.500. The average molecular weight is 320 g/mol. The molecule has 1 atom stereocenters. The molecule has 0 aliphatic rings. The monoisotopic (exact) mass is 319 g/mol. The molecule has 2 N–H and O–H groups in total. The first-order chi connectivity index (χ1) is 10.6. The summed E-state index contributed by atoms with van der Waals surface area (Å²) in [4.78, 5) is 4.38. The van der Waals surface area contributed by atoms with Crippen LogP contribution in [-0.4, -0.2) is 24.1 Å². The molecule has 22 heavy (non-hydrogen) atoms. The highest BCUT2D eigenvalue weighted by molar-refractivity contribution is 6.31. The Morgan fingerprint density at radius 1 is 1.18 bits per heavy atom. The fourth-order valence-corrected chi connectivity index (χ4v) is 2.68. The SMILES string of the molecule is CC(C)CNCCCC(C)Nc1ccnc2cc(Cl)ccc12. The van der Waals surface area contributed by atoms with Crippen molar-refractivity contribution in [3.05, 3.63) is 35.5 Å². The van der Waals surface area contributed by atoms with Crippen molar-refractivity contribution in [2.45, 2.75) is 39.7 Å². The summed E-state index contributed by atoms with van der Waals surface area (Å²) in [5.41, 5.74) is 2.06. The molecule has 2 rings (SSSR count). The highest BCUT2D eigenvalue weighted by Gasteiger charge is 2.06. The van der Waals surface area contributed by atoms with Gasteiger partial charge in [-0.1, -0.05) is 25.4 Å². The van der Waals surface area contributed by atoms with Crippen LogP contribution in [0.2, 0.25) is 5.02 Å². The first-order valence-corrected chi connectivity index (χ1v) is 8.45. The zero-order valence-corrected chi connectivity index (χ0v) is 14.5. The largest absolute Gasteiger partial charge is 0.382 e. The lowest BCUT2D eigenvalue weighted by atomic mass is 10.1. The molecule has 4 heteroatoms. The van der Waals surface area contributed by atoms with Crippen LogP contribution in [0.4, 0.5) is 5.69 Å². The Labute approximate surface area is 138 Å². The van der Waals surface area contributed by atoms with Gasteiger partial charge in [0, 0.05) is 28.3 Å². The minimum Gasteiger partial charge on any atom is -0.382 e. The van der Waals surface area contributed by atoms with E-state index in [0.29, 0.717) is 12.0 Å². The van der Waals surface area contributed by atoms with Gasteiger partial charge in [0.05, 0.1) is 5.52 Å². The lowest BCUT2D eigenvalue weighted by molar-refractivity contribution is 0.526. The van der Waals surface area contributed by atoms with Gasteiger partial charge in [-0.25, -0.2) is 0 Å². The van der Waals surface area contributed by atoms with Gasteiger partial charge < -0.3 is 10.6 Å². The quantitative estimate of drug-likeness (QED) is 0.692. The Kier molecular flexibility index (Phi) is 6.47. The van der Waals surface area contributed by atoms with E-state index in [1.807, 2.05) is 30.5 Å². The molecule has 0 aliphatic carbocycles. The van der Waals surface area contributed by atoms with Crippen LogP contribution in [0.15, 0.2) is 30.5 Å². The number of halogens is 1. The van der Waals surface area contributed by atoms with Gasteiger partial charge in [-0.15, -0.1) is 0 Å². The zero-order valence-electron chi connectivity index (χ0n) is 13.7. The second-order valence-corrected chi connectivity index (χ2v) is 6.74. The van der Waals surface area contributed by atoms with Crippen LogP contribution >= 0.6 is 11.6 Å². The summed E-state index contributed by atoms with van der Waals surface area (Å²) in [5, 5.41) is 8.93. The van der Waals surface area contributed by atoms with Crippen molar-refractivity contribution in [2.75, 3.05) is 18.4 Å². The van der Waals surface area contributed by atoms with Gasteiger partial charge in [-0.05, 0) is 63.0 Å². The average Bonchev–Trinajstić information content (AvgIpc) is 2.46. The van der Waals surface area contributed by atoms with Crippen LogP contribution in [0.1, 0.15) is 33.6 Å². The van der Waals surface area contributed by atoms with Crippen molar-refractivity contribution in [3.63, 3.8) is 0 Å². The Morgan fingerprint density at radius 3 is 2.77 bits per heavy atom. The Balaban J connectivity index is 1.88. The predicted octanol–water partition coefficient (Wildman–Crippen LogP) is 4.71. The molecule has 0 spiro atoms. The Hall–Kier alpha value is -1.32. The van der Waals surface area contributed by atoms with Crippen molar-refractivity contribution in [1.82, 2.24) is 10.3 Å². The van der Waals surface area contributed by atoms with Gasteiger partial charge in [0.25, 0.3) is 0 Å². The summed E-state index contributed by atoms with van der Waals surface area (Å²) in [6, 6.07) is 8.31. The maximum Gasteiger partial charge on any atom is 0.0737 e. The van der Waals surface area contributed by atoms with Gasteiger partial charge in [0.1, 0.15) is 0 Å². The third-order valence-electron chi connectivity index (χ3n) is 3.65. The van der Waals surface area contributed by atoms with Crippen molar-refractivity contribution in [1.29, 1.82) is 0 Å². The summed E-state index contributed by atoms with van der Waals surface area (Å²) in [5.74, 6) is 0.713. The molecule has 1 heterocycles. The summed E-state index contributed by atoms with van der Waals surface area (Å²) < 4.78 is 0. The van der Waals surface area contributed by atoms with E-state index in [1.165, 1.54) is 6.42 Å². The molecule has 1 unspecified atom stereocenters. The number of fused-ring (bicyclic) bond motifs is 1. The van der Waals surface area contributed by atoms with Crippen LogP contribution < -0.4 is 10.6 Å². The van der Waals surface area contributed by atoms with Crippen molar-refractivity contribution in [2.24, 2.45) is 5.92 Å². The number of rotatable bonds is 8. The van der Waals surface area contributed by atoms with E-state index in [2.05, 4.69) is 36.4 Å². The first kappa shape index (κ1) is 17.0. The van der Waals surface area contributed by atoms with E-state index in [0.717, 1.165) is 41.1 Å². The minimum atomic E-state index is 0.433. The lowest BCUT2D eigenvalue weighted by Crippen LogP contribution is -2.23. The van der Waals surface area contributed by atoms with Gasteiger partial charge >= 0.3 is 0 Å². The van der Waals surface area contributed by atoms with Gasteiger partial charge in [0.15, 0.2) is 0 Å². The summed E-state index contributed by atoms with van der Waals surface area (Å²) in [7, 11) is 0. The molecule has 3 nitrogen and oxygen atoms in total. The van der Waals surface area contributed by atoms with Crippen LogP contribution in [0.5, 0.6) is 0 Å². The summed E-state index contributed by atoms with van der Waals surface area (Å²) in [6.07, 6.45) is 4.15. The zero-order chi connectivity index (χ0) is 15.9. The number of hydrogen-bond donors (Lipinski definition) is 2. The van der Waals surface area contributed by atoms with Crippen molar-refractivity contribution >= 4 is 28.2 Å². The third kappa shape index (κ3) is 5.15. The second kappa shape index (κ2) is 8.35. The highest BCUT2D eigenvalue weighted by atomic mass is 35.5. The summed E-state index contributed by atoms with van der Waals surface area (Å²) >= 11 is 6.03. The van der Waals surface area contributed by atoms with Crippen LogP contribution in [0.3, 0.4) is 0 Å². The van der Waals surface area contributed by atoms with E-state index in [4.69, 9.17) is 11.6 Å². The second-order valence-electron chi connectivity index (χ2n) is 6.31. The molecular formula is C18H26ClN3. The number of aromatic nitrogens is 1. The summed E-state index contributed by atoms with van der Waals surface area (Å²) in [6.45, 7) is 8.87. The van der Waals surface area contributed by atoms with Crippen LogP contribution in [0.25, 0.3) is 10.9 Å². The minimum absolute atomic E-state index is 0.433. The molecule has 0 aliphatic heterocycles. The molecule has 0 radical (unpaired) electrons. The number of anilines is 1. The van der Waals surface area contributed by atoms with Crippen LogP contribution in [-0.2, 0) is 0 Å². The number of hydrogen-bond acceptors (Lipinski definition) is 3. The third-order valence-corrected chi connectivity index (χ3v) is 3.89. The van der Waals surface area contributed by atoms with Gasteiger partial charge in [0.2, 0.25) is 0 Å². The molecule has 0 saturated carbocycles. The van der Waals surface area contributed by atoms with E-state index in [-0.39, 0.29) is 0 Å². The van der Waals surface area contributed by atoms with Crippen molar-refractivity contribution in [3.8, 4) is 0 Å². The first-order valence-electron chi connectivity index (χ1n) is 8.08. The molecule has 2 aromatic rings. The highest BCUT2D eigenvalue weighted by Crippen LogP contribution is 2.25. The number of benzene rings is 1. The number of nitrogens with one attached hydrogen (secondary N) is 2. The number of nitrogens with zero attached hydrogens (tertiary/aromatic N) is 1. The molecule has 1 aromatic heterocycles. The Bertz CT molecular complexity index is 598. The smallest absolute Gasteiger partial charge is 0.0737 e. The van der Waals surface area contributed by atoms with Gasteiger partial charge in [-0.3, -0.25) is 4.98 Å². The van der Waals surface area contributed by atoms with Gasteiger partial charge in [-0.2, -0.15) is 0 Å². The van der Waals surface area contributed by atoms with E-state index in [1.54, 1.807) is 0 Å². The fourth-order valence-electron chi connectivity index (χ4n) is 2.51. The molecule has 120 valence electrons. The van der Waals surface area contributed by atoms with E-state index >= 15 is 0 Å². The molecule has 0 fully saturated rings. The maximum absolute atomic E-state index is 6.03. The maximum atomic E-state index is 6.03. The normalized spacial score (nSPS) is 12.8. The molecule has 0 bridgehead atoms. The molecule has 0 saturated heterocycles. The molecular weight excluding hydrogens is 294 g/mol. The molecule has 1 aromatic carbocycles.